The highest BCUT2D eigenvalue weighted by Gasteiger charge is 2.29. The molecule has 10 nitrogen and oxygen atoms in total. The highest BCUT2D eigenvalue weighted by molar-refractivity contribution is 14.1. The molecule has 0 radical (unpaired) electrons. The van der Waals surface area contributed by atoms with Crippen molar-refractivity contribution in [3.63, 3.8) is 0 Å². The van der Waals surface area contributed by atoms with Crippen molar-refractivity contribution in [3.8, 4) is 12.3 Å². The van der Waals surface area contributed by atoms with Crippen LogP contribution in [0.1, 0.15) is 22.7 Å². The largest absolute Gasteiger partial charge is 0.397 e. The summed E-state index contributed by atoms with van der Waals surface area (Å²) in [6, 6.07) is 7.10. The summed E-state index contributed by atoms with van der Waals surface area (Å²) in [6.07, 6.45) is 1.82. The fourth-order valence-corrected chi connectivity index (χ4v) is 3.57. The Morgan fingerprint density at radius 2 is 2.07 bits per heavy atom. The Labute approximate surface area is 166 Å². The number of nitrogens with two attached hydrogens (primary N) is 2. The van der Waals surface area contributed by atoms with E-state index < -0.39 is 6.04 Å². The van der Waals surface area contributed by atoms with E-state index in [2.05, 4.69) is 53.4 Å². The van der Waals surface area contributed by atoms with Crippen LogP contribution in [0.15, 0.2) is 23.2 Å². The van der Waals surface area contributed by atoms with Crippen molar-refractivity contribution in [2.45, 2.75) is 6.04 Å². The second-order valence-corrected chi connectivity index (χ2v) is 6.79. The van der Waals surface area contributed by atoms with Crippen LogP contribution in [0, 0.1) is 26.5 Å². The molecule has 0 saturated heterocycles. The van der Waals surface area contributed by atoms with E-state index in [9.17, 15) is 5.26 Å². The third-order valence-electron chi connectivity index (χ3n) is 4.21. The van der Waals surface area contributed by atoms with Gasteiger partial charge in [-0.05, 0) is 40.3 Å². The molecular weight excluding hydrogens is 459 g/mol. The highest BCUT2D eigenvalue weighted by atomic mass is 127. The molecule has 1 aromatic carbocycles. The van der Waals surface area contributed by atoms with Crippen molar-refractivity contribution < 1.29 is 0 Å². The first-order valence-electron chi connectivity index (χ1n) is 7.66. The van der Waals surface area contributed by atoms with E-state index in [-0.39, 0.29) is 23.0 Å². The Morgan fingerprint density at radius 1 is 1.26 bits per heavy atom. The fraction of sp³-hybridized carbons (Fsp3) is 0.0625. The number of nitrogen functional groups attached to an aromatic ring is 2. The molecule has 0 bridgehead atoms. The van der Waals surface area contributed by atoms with Crippen LogP contribution in [0.2, 0.25) is 0 Å². The minimum Gasteiger partial charge on any atom is -0.397 e. The van der Waals surface area contributed by atoms with Crippen molar-refractivity contribution in [1.29, 1.82) is 10.5 Å². The Balaban J connectivity index is 1.95. The summed E-state index contributed by atoms with van der Waals surface area (Å²) in [6.45, 7) is 0. The number of hydrogen-bond acceptors (Lipinski definition) is 9. The van der Waals surface area contributed by atoms with E-state index >= 15 is 0 Å². The van der Waals surface area contributed by atoms with E-state index in [0.29, 0.717) is 11.4 Å². The third kappa shape index (κ3) is 2.65. The van der Waals surface area contributed by atoms with Gasteiger partial charge in [0.25, 0.3) is 0 Å². The molecule has 1 aliphatic rings. The van der Waals surface area contributed by atoms with Crippen LogP contribution in [0.25, 0.3) is 10.9 Å². The van der Waals surface area contributed by atoms with E-state index in [4.69, 9.17) is 16.7 Å². The molecule has 7 N–H and O–H groups in total. The maximum Gasteiger partial charge on any atom is 0.211 e. The summed E-state index contributed by atoms with van der Waals surface area (Å²) in [5.74, 6) is 0.566. The molecule has 11 heteroatoms. The number of guanidine groups is 1. The molecule has 27 heavy (non-hydrogen) atoms. The Kier molecular flexibility index (Phi) is 3.93. The first-order valence-corrected chi connectivity index (χ1v) is 8.73. The second kappa shape index (κ2) is 6.30. The highest BCUT2D eigenvalue weighted by Crippen LogP contribution is 2.41. The van der Waals surface area contributed by atoms with Crippen LogP contribution < -0.4 is 22.1 Å². The molecule has 0 fully saturated rings. The predicted molar refractivity (Wildman–Crippen MR) is 108 cm³/mol. The lowest BCUT2D eigenvalue weighted by Gasteiger charge is -2.26. The summed E-state index contributed by atoms with van der Waals surface area (Å²) in [5, 5.41) is 31.8. The summed E-state index contributed by atoms with van der Waals surface area (Å²) in [7, 11) is 0. The standard InChI is InChI=1S/C16H11IN10/c17-13-7-2-1-6(3-9(7)26-27-13)12-10-11(20)8(4-18)14(21)24-15(10)25-16(23-12)22-5-19/h1-3,12H,(H,26,27)(H6,20,21,22,23,24,25). The lowest BCUT2D eigenvalue weighted by atomic mass is 9.94. The number of rotatable bonds is 1. The Hall–Kier alpha value is -3.58. The molecule has 2 aromatic heterocycles. The lowest BCUT2D eigenvalue weighted by Crippen LogP contribution is -2.32. The molecule has 3 aromatic rings. The first kappa shape index (κ1) is 16.9. The van der Waals surface area contributed by atoms with Gasteiger partial charge in [-0.3, -0.25) is 10.4 Å². The monoisotopic (exact) mass is 470 g/mol. The molecule has 1 aliphatic heterocycles. The first-order chi connectivity index (χ1) is 13.0. The number of aromatic amines is 1. The number of aromatic nitrogens is 3. The van der Waals surface area contributed by atoms with E-state index in [1.165, 1.54) is 0 Å². The van der Waals surface area contributed by atoms with Gasteiger partial charge in [0.1, 0.15) is 33.0 Å². The summed E-state index contributed by atoms with van der Waals surface area (Å²) < 4.78 is 0.927. The van der Waals surface area contributed by atoms with Crippen molar-refractivity contribution in [2.24, 2.45) is 4.99 Å². The summed E-state index contributed by atoms with van der Waals surface area (Å²) >= 11 is 2.17. The number of hydrogen-bond donors (Lipinski definition) is 5. The maximum atomic E-state index is 9.36. The SMILES string of the molecule is N#CNC1=NC(c2ccc3c(I)[nH]nc3c2)c2c(nc(N)c(C#N)c2N)N1. The molecule has 1 atom stereocenters. The van der Waals surface area contributed by atoms with Gasteiger partial charge in [0.2, 0.25) is 5.96 Å². The van der Waals surface area contributed by atoms with Gasteiger partial charge in [-0.15, -0.1) is 0 Å². The van der Waals surface area contributed by atoms with Crippen molar-refractivity contribution in [3.05, 3.63) is 38.6 Å². The van der Waals surface area contributed by atoms with Crippen LogP contribution in [0.4, 0.5) is 17.3 Å². The molecule has 0 saturated carbocycles. The molecule has 4 rings (SSSR count). The van der Waals surface area contributed by atoms with Gasteiger partial charge in [0.15, 0.2) is 6.19 Å². The van der Waals surface area contributed by atoms with Crippen LogP contribution in [0.3, 0.4) is 0 Å². The van der Waals surface area contributed by atoms with Gasteiger partial charge in [-0.2, -0.15) is 15.6 Å². The smallest absolute Gasteiger partial charge is 0.211 e. The van der Waals surface area contributed by atoms with E-state index in [1.54, 1.807) is 0 Å². The molecule has 0 amide bonds. The normalized spacial score (nSPS) is 15.2. The number of H-pyrrole nitrogens is 1. The van der Waals surface area contributed by atoms with E-state index in [0.717, 1.165) is 20.2 Å². The van der Waals surface area contributed by atoms with Crippen LogP contribution in [-0.4, -0.2) is 21.1 Å². The molecule has 0 aliphatic carbocycles. The average Bonchev–Trinajstić information content (AvgIpc) is 3.02. The Bertz CT molecular complexity index is 1200. The minimum absolute atomic E-state index is 0.00974. The van der Waals surface area contributed by atoms with Crippen LogP contribution >= 0.6 is 22.6 Å². The Morgan fingerprint density at radius 3 is 2.81 bits per heavy atom. The maximum absolute atomic E-state index is 9.36. The molecular formula is C16H11IN10. The van der Waals surface area contributed by atoms with Crippen molar-refractivity contribution >= 4 is 56.8 Å². The summed E-state index contributed by atoms with van der Waals surface area (Å²) in [5.41, 5.74) is 14.4. The van der Waals surface area contributed by atoms with E-state index in [1.807, 2.05) is 30.5 Å². The summed E-state index contributed by atoms with van der Waals surface area (Å²) in [4.78, 5) is 8.76. The van der Waals surface area contributed by atoms with Gasteiger partial charge in [-0.1, -0.05) is 6.07 Å². The average molecular weight is 470 g/mol. The number of halogens is 1. The number of benzene rings is 1. The molecule has 0 spiro atoms. The van der Waals surface area contributed by atoms with Gasteiger partial charge < -0.3 is 16.8 Å². The topological polar surface area (TPSA) is 178 Å². The third-order valence-corrected chi connectivity index (χ3v) is 5.03. The number of nitrogens with zero attached hydrogens (tertiary/aromatic N) is 5. The van der Waals surface area contributed by atoms with Gasteiger partial charge in [0.05, 0.1) is 11.2 Å². The van der Waals surface area contributed by atoms with Crippen LogP contribution in [-0.2, 0) is 0 Å². The molecule has 1 unspecified atom stereocenters. The lowest BCUT2D eigenvalue weighted by molar-refractivity contribution is 0.848. The van der Waals surface area contributed by atoms with Crippen LogP contribution in [0.5, 0.6) is 0 Å². The number of nitrogens with one attached hydrogen (secondary N) is 3. The number of nitriles is 2. The van der Waals surface area contributed by atoms with Gasteiger partial charge >= 0.3 is 0 Å². The zero-order chi connectivity index (χ0) is 19.1. The molecule has 3 heterocycles. The fourth-order valence-electron chi connectivity index (χ4n) is 2.99. The quantitative estimate of drug-likeness (QED) is 0.202. The predicted octanol–water partition coefficient (Wildman–Crippen LogP) is 1.54. The number of anilines is 3. The molecule has 132 valence electrons. The second-order valence-electron chi connectivity index (χ2n) is 5.72. The van der Waals surface area contributed by atoms with Gasteiger partial charge in [0, 0.05) is 10.9 Å². The van der Waals surface area contributed by atoms with Crippen molar-refractivity contribution in [2.75, 3.05) is 16.8 Å². The number of pyridine rings is 1. The zero-order valence-electron chi connectivity index (χ0n) is 13.6. The number of fused-ring (bicyclic) bond motifs is 2. The van der Waals surface area contributed by atoms with Crippen molar-refractivity contribution in [1.82, 2.24) is 20.5 Å². The zero-order valence-corrected chi connectivity index (χ0v) is 15.7. The minimum atomic E-state index is -0.587. The number of aliphatic imine (C=N–C) groups is 1. The van der Waals surface area contributed by atoms with Gasteiger partial charge in [-0.25, -0.2) is 9.98 Å².